The molecule has 0 radical (unpaired) electrons. The molecule has 0 rings (SSSR count). The summed E-state index contributed by atoms with van der Waals surface area (Å²) < 4.78 is 23.8. The van der Waals surface area contributed by atoms with Gasteiger partial charge in [0.1, 0.15) is 13.2 Å². The number of allylic oxidation sites excluding steroid dienone is 7. The van der Waals surface area contributed by atoms with Crippen LogP contribution in [0.1, 0.15) is 380 Å². The van der Waals surface area contributed by atoms with E-state index in [1.807, 2.05) is 27.2 Å². The molecule has 0 saturated carbocycles. The summed E-state index contributed by atoms with van der Waals surface area (Å²) in [5.74, 6) is -0.184. The van der Waals surface area contributed by atoms with Crippen LogP contribution in [0.25, 0.3) is 0 Å². The van der Waals surface area contributed by atoms with Gasteiger partial charge in [0, 0.05) is 6.42 Å². The van der Waals surface area contributed by atoms with Crippen LogP contribution in [-0.2, 0) is 18.4 Å². The molecule has 3 N–H and O–H groups in total. The van der Waals surface area contributed by atoms with Gasteiger partial charge >= 0.3 is 7.82 Å². The van der Waals surface area contributed by atoms with Gasteiger partial charge in [-0.3, -0.25) is 13.8 Å². The smallest absolute Gasteiger partial charge is 0.387 e. The zero-order valence-corrected chi connectivity index (χ0v) is 58.5. The van der Waals surface area contributed by atoms with Gasteiger partial charge in [-0.2, -0.15) is 0 Å². The number of carbonyl (C=O) groups is 1. The Labute approximate surface area is 530 Å². The van der Waals surface area contributed by atoms with Crippen molar-refractivity contribution in [3.05, 3.63) is 48.6 Å². The molecule has 0 aliphatic rings. The van der Waals surface area contributed by atoms with Gasteiger partial charge in [0.2, 0.25) is 5.91 Å². The lowest BCUT2D eigenvalue weighted by Crippen LogP contribution is -2.45. The summed E-state index contributed by atoms with van der Waals surface area (Å²) in [6, 6.07) is -0.871. The highest BCUT2D eigenvalue weighted by atomic mass is 31.2. The maximum Gasteiger partial charge on any atom is 0.472 e. The second kappa shape index (κ2) is 66.9. The second-order valence-corrected chi connectivity index (χ2v) is 28.5. The molecular formula is C76H148N2O6P+. The molecule has 3 unspecified atom stereocenters. The molecule has 0 aromatic heterocycles. The van der Waals surface area contributed by atoms with Crippen LogP contribution in [0.3, 0.4) is 0 Å². The Balaban J connectivity index is 3.97. The molecule has 0 aromatic rings. The molecule has 0 heterocycles. The van der Waals surface area contributed by atoms with E-state index in [-0.39, 0.29) is 19.1 Å². The van der Waals surface area contributed by atoms with Crippen molar-refractivity contribution in [1.29, 1.82) is 0 Å². The minimum atomic E-state index is -4.37. The number of aliphatic hydroxyl groups is 1. The van der Waals surface area contributed by atoms with Crippen molar-refractivity contribution in [1.82, 2.24) is 5.32 Å². The second-order valence-electron chi connectivity index (χ2n) is 27.0. The van der Waals surface area contributed by atoms with Crippen molar-refractivity contribution in [2.75, 3.05) is 40.9 Å². The van der Waals surface area contributed by atoms with Crippen molar-refractivity contribution < 1.29 is 32.9 Å². The van der Waals surface area contributed by atoms with Crippen LogP contribution >= 0.6 is 7.82 Å². The van der Waals surface area contributed by atoms with Gasteiger partial charge in [0.25, 0.3) is 0 Å². The first-order valence-corrected chi connectivity index (χ1v) is 39.0. The molecule has 8 nitrogen and oxygen atoms in total. The minimum Gasteiger partial charge on any atom is -0.387 e. The number of nitrogens with one attached hydrogen (secondary N) is 1. The van der Waals surface area contributed by atoms with Crippen molar-refractivity contribution in [2.24, 2.45) is 0 Å². The standard InChI is InChI=1S/C76H147N2O6P/c1-6-8-10-12-14-16-18-20-22-24-26-28-30-32-33-34-35-36-37-38-39-40-41-42-43-44-45-46-48-50-52-54-56-58-60-62-64-66-68-70-76(80)77-74(73-84-85(81,82)83-72-71-78(3,4)5)75(79)69-67-65-63-61-59-57-55-53-51-49-47-31-29-27-25-23-21-19-17-15-13-11-9-7-2/h24,26,51,53,59,61,67,69,74-75,79H,6-23,25,27-50,52,54-58,60,62-66,68,70-73H2,1-5H3,(H-,77,80,81,82)/p+1/b26-24-,53-51+,61-59+,69-67+. The maximum atomic E-state index is 13.1. The lowest BCUT2D eigenvalue weighted by molar-refractivity contribution is -0.870. The molecule has 0 bridgehead atoms. The van der Waals surface area contributed by atoms with E-state index < -0.39 is 20.0 Å². The Hall–Kier alpha value is -1.54. The molecule has 502 valence electrons. The van der Waals surface area contributed by atoms with Crippen LogP contribution in [0.5, 0.6) is 0 Å². The van der Waals surface area contributed by atoms with Gasteiger partial charge in [-0.25, -0.2) is 4.57 Å². The zero-order chi connectivity index (χ0) is 61.9. The van der Waals surface area contributed by atoms with E-state index in [2.05, 4.69) is 55.6 Å². The number of unbranched alkanes of at least 4 members (excludes halogenated alkanes) is 51. The number of phosphoric ester groups is 1. The van der Waals surface area contributed by atoms with E-state index in [1.54, 1.807) is 6.08 Å². The highest BCUT2D eigenvalue weighted by molar-refractivity contribution is 7.47. The normalized spacial score (nSPS) is 13.8. The molecule has 1 amide bonds. The fraction of sp³-hybridized carbons (Fsp3) is 0.882. The van der Waals surface area contributed by atoms with Crippen LogP contribution in [0, 0.1) is 0 Å². The Morgan fingerprint density at radius 2 is 0.647 bits per heavy atom. The topological polar surface area (TPSA) is 105 Å². The van der Waals surface area contributed by atoms with Crippen LogP contribution in [-0.4, -0.2) is 73.4 Å². The lowest BCUT2D eigenvalue weighted by Gasteiger charge is -2.25. The summed E-state index contributed by atoms with van der Waals surface area (Å²) in [5.41, 5.74) is 0. The fourth-order valence-corrected chi connectivity index (χ4v) is 12.2. The van der Waals surface area contributed by atoms with Gasteiger partial charge < -0.3 is 19.8 Å². The van der Waals surface area contributed by atoms with Gasteiger partial charge in [0.15, 0.2) is 0 Å². The first-order chi connectivity index (χ1) is 41.5. The Bertz CT molecular complexity index is 1530. The molecule has 9 heteroatoms. The number of amides is 1. The quantitative estimate of drug-likeness (QED) is 0.0243. The van der Waals surface area contributed by atoms with Crippen LogP contribution in [0.2, 0.25) is 0 Å². The molecule has 0 spiro atoms. The number of rotatable bonds is 70. The average molecular weight is 1220 g/mol. The molecule has 0 fully saturated rings. The summed E-state index contributed by atoms with van der Waals surface area (Å²) in [6.45, 7) is 4.84. The van der Waals surface area contributed by atoms with Crippen LogP contribution in [0.15, 0.2) is 48.6 Å². The zero-order valence-electron chi connectivity index (χ0n) is 57.6. The third kappa shape index (κ3) is 69.8. The summed E-state index contributed by atoms with van der Waals surface area (Å²) in [5, 5.41) is 14.0. The molecule has 0 aromatic carbocycles. The summed E-state index contributed by atoms with van der Waals surface area (Å²) in [6.07, 6.45) is 91.6. The predicted molar refractivity (Wildman–Crippen MR) is 374 cm³/mol. The lowest BCUT2D eigenvalue weighted by atomic mass is 10.0. The predicted octanol–water partition coefficient (Wildman–Crippen LogP) is 24.2. The number of hydrogen-bond acceptors (Lipinski definition) is 5. The Morgan fingerprint density at radius 3 is 0.941 bits per heavy atom. The summed E-state index contributed by atoms with van der Waals surface area (Å²) >= 11 is 0. The van der Waals surface area contributed by atoms with E-state index in [1.165, 1.54) is 315 Å². The molecule has 0 aliphatic heterocycles. The SMILES string of the molecule is CCCCCCCCCC/C=C\CCCCCCCCCCCCCCCCCCCCCCCCCCCCCC(=O)NC(COP(=O)(O)OCC[N+](C)(C)C)C(O)/C=C/CC/C=C/CC/C=C/CCCCCCCCCCCCCCCC. The number of carbonyl (C=O) groups excluding carboxylic acids is 1. The van der Waals surface area contributed by atoms with Gasteiger partial charge in [-0.05, 0) is 70.6 Å². The van der Waals surface area contributed by atoms with E-state index in [4.69, 9.17) is 9.05 Å². The first-order valence-electron chi connectivity index (χ1n) is 37.5. The van der Waals surface area contributed by atoms with Gasteiger partial charge in [-0.15, -0.1) is 0 Å². The van der Waals surface area contributed by atoms with Gasteiger partial charge in [0.05, 0.1) is 39.9 Å². The molecule has 0 aliphatic carbocycles. The number of aliphatic hydroxyl groups excluding tert-OH is 1. The van der Waals surface area contributed by atoms with Crippen LogP contribution < -0.4 is 5.32 Å². The fourth-order valence-electron chi connectivity index (χ4n) is 11.4. The van der Waals surface area contributed by atoms with E-state index in [0.29, 0.717) is 17.4 Å². The maximum absolute atomic E-state index is 13.1. The largest absolute Gasteiger partial charge is 0.472 e. The first kappa shape index (κ1) is 83.5. The number of phosphoric acid groups is 1. The van der Waals surface area contributed by atoms with Crippen molar-refractivity contribution in [2.45, 2.75) is 392 Å². The number of likely N-dealkylation sites (N-methyl/N-ethyl adjacent to an activating group) is 1. The summed E-state index contributed by atoms with van der Waals surface area (Å²) in [7, 11) is 1.56. The highest BCUT2D eigenvalue weighted by Crippen LogP contribution is 2.43. The third-order valence-corrected chi connectivity index (χ3v) is 18.2. The third-order valence-electron chi connectivity index (χ3n) is 17.2. The van der Waals surface area contributed by atoms with Crippen molar-refractivity contribution >= 4 is 13.7 Å². The monoisotopic (exact) mass is 1220 g/mol. The molecular weight excluding hydrogens is 1070 g/mol. The average Bonchev–Trinajstić information content (AvgIpc) is 3.49. The minimum absolute atomic E-state index is 0.0548. The molecule has 85 heavy (non-hydrogen) atoms. The Kier molecular flexibility index (Phi) is 65.7. The van der Waals surface area contributed by atoms with Gasteiger partial charge in [-0.1, -0.05) is 351 Å². The van der Waals surface area contributed by atoms with Crippen LogP contribution in [0.4, 0.5) is 0 Å². The van der Waals surface area contributed by atoms with E-state index in [0.717, 1.165) is 44.9 Å². The number of hydrogen-bond donors (Lipinski definition) is 3. The van der Waals surface area contributed by atoms with Crippen molar-refractivity contribution in [3.8, 4) is 0 Å². The number of nitrogens with zero attached hydrogens (tertiary/aromatic N) is 1. The van der Waals surface area contributed by atoms with E-state index >= 15 is 0 Å². The molecule has 0 saturated heterocycles. The molecule has 3 atom stereocenters. The highest BCUT2D eigenvalue weighted by Gasteiger charge is 2.28. The Morgan fingerprint density at radius 1 is 0.388 bits per heavy atom. The summed E-state index contributed by atoms with van der Waals surface area (Å²) in [4.78, 5) is 23.4. The number of quaternary nitrogens is 1. The van der Waals surface area contributed by atoms with E-state index in [9.17, 15) is 19.4 Å². The van der Waals surface area contributed by atoms with Crippen molar-refractivity contribution in [3.63, 3.8) is 0 Å².